The topological polar surface area (TPSA) is 72.2 Å². The molecular formula is C12H13ClN2O2S2. The van der Waals surface area contributed by atoms with E-state index >= 15 is 0 Å². The second-order valence-electron chi connectivity index (χ2n) is 4.08. The van der Waals surface area contributed by atoms with Gasteiger partial charge in [0.25, 0.3) is 0 Å². The molecule has 1 aromatic heterocycles. The van der Waals surface area contributed by atoms with Crippen LogP contribution >= 0.6 is 22.9 Å². The van der Waals surface area contributed by atoms with Crippen LogP contribution in [0.2, 0.25) is 5.02 Å². The van der Waals surface area contributed by atoms with Crippen molar-refractivity contribution in [3.05, 3.63) is 45.6 Å². The lowest BCUT2D eigenvalue weighted by Crippen LogP contribution is -2.27. The van der Waals surface area contributed by atoms with Gasteiger partial charge in [0, 0.05) is 11.1 Å². The number of rotatable bonds is 4. The highest BCUT2D eigenvalue weighted by Gasteiger charge is 2.21. The van der Waals surface area contributed by atoms with E-state index in [1.807, 2.05) is 16.8 Å². The van der Waals surface area contributed by atoms with Gasteiger partial charge in [0.05, 0.1) is 5.69 Å². The fourth-order valence-electron chi connectivity index (χ4n) is 1.63. The summed E-state index contributed by atoms with van der Waals surface area (Å²) in [6.07, 6.45) is 0. The molecule has 0 spiro atoms. The summed E-state index contributed by atoms with van der Waals surface area (Å²) in [6.45, 7) is 1.78. The van der Waals surface area contributed by atoms with Gasteiger partial charge in [-0.05, 0) is 47.5 Å². The Bertz CT molecular complexity index is 669. The Morgan fingerprint density at radius 2 is 2.11 bits per heavy atom. The summed E-state index contributed by atoms with van der Waals surface area (Å²) >= 11 is 7.33. The number of nitrogen functional groups attached to an aromatic ring is 1. The predicted molar refractivity (Wildman–Crippen MR) is 78.9 cm³/mol. The van der Waals surface area contributed by atoms with E-state index in [2.05, 4.69) is 4.72 Å². The second kappa shape index (κ2) is 5.50. The molecule has 1 unspecified atom stereocenters. The average molecular weight is 317 g/mol. The van der Waals surface area contributed by atoms with Crippen molar-refractivity contribution in [2.45, 2.75) is 17.9 Å². The number of benzene rings is 1. The summed E-state index contributed by atoms with van der Waals surface area (Å²) in [5.41, 5.74) is 6.78. The van der Waals surface area contributed by atoms with Crippen molar-refractivity contribution in [1.29, 1.82) is 0 Å². The molecule has 2 rings (SSSR count). The molecular weight excluding hydrogens is 304 g/mol. The normalized spacial score (nSPS) is 13.4. The van der Waals surface area contributed by atoms with E-state index in [0.29, 0.717) is 5.02 Å². The van der Waals surface area contributed by atoms with Gasteiger partial charge in [-0.25, -0.2) is 13.1 Å². The summed E-state index contributed by atoms with van der Waals surface area (Å²) in [4.78, 5) is 0.00193. The maximum atomic E-state index is 12.3. The zero-order valence-corrected chi connectivity index (χ0v) is 12.5. The summed E-state index contributed by atoms with van der Waals surface area (Å²) < 4.78 is 27.1. The molecule has 0 aliphatic rings. The molecule has 0 fully saturated rings. The summed E-state index contributed by atoms with van der Waals surface area (Å²) in [6, 6.07) is 5.93. The van der Waals surface area contributed by atoms with E-state index in [1.165, 1.54) is 23.5 Å². The van der Waals surface area contributed by atoms with Crippen molar-refractivity contribution in [3.8, 4) is 0 Å². The van der Waals surface area contributed by atoms with Gasteiger partial charge < -0.3 is 5.73 Å². The molecule has 0 aliphatic heterocycles. The van der Waals surface area contributed by atoms with Gasteiger partial charge in [0.15, 0.2) is 0 Å². The largest absolute Gasteiger partial charge is 0.398 e. The molecule has 102 valence electrons. The van der Waals surface area contributed by atoms with Crippen LogP contribution in [0.15, 0.2) is 39.9 Å². The van der Waals surface area contributed by atoms with Crippen molar-refractivity contribution in [1.82, 2.24) is 4.72 Å². The molecule has 0 amide bonds. The monoisotopic (exact) mass is 316 g/mol. The highest BCUT2D eigenvalue weighted by Crippen LogP contribution is 2.25. The standard InChI is InChI=1S/C12H13ClN2O2S2/c1-8(9-4-5-18-7-9)15-19(16,17)12-6-10(13)2-3-11(12)14/h2-8,15H,14H2,1H3. The van der Waals surface area contributed by atoms with E-state index in [1.54, 1.807) is 13.0 Å². The summed E-state index contributed by atoms with van der Waals surface area (Å²) in [5.74, 6) is 0. The number of nitrogens with one attached hydrogen (secondary N) is 1. The van der Waals surface area contributed by atoms with Crippen LogP contribution in [0.4, 0.5) is 5.69 Å². The van der Waals surface area contributed by atoms with E-state index in [9.17, 15) is 8.42 Å². The van der Waals surface area contributed by atoms with E-state index in [0.717, 1.165) is 5.56 Å². The maximum Gasteiger partial charge on any atom is 0.243 e. The first-order valence-electron chi connectivity index (χ1n) is 5.49. The van der Waals surface area contributed by atoms with Gasteiger partial charge in [-0.1, -0.05) is 11.6 Å². The van der Waals surface area contributed by atoms with Crippen LogP contribution in [0.3, 0.4) is 0 Å². The van der Waals surface area contributed by atoms with Crippen molar-refractivity contribution in [2.24, 2.45) is 0 Å². The molecule has 4 nitrogen and oxygen atoms in total. The Hall–Kier alpha value is -1.08. The number of nitrogens with two attached hydrogens (primary N) is 1. The van der Waals surface area contributed by atoms with Crippen LogP contribution in [-0.2, 0) is 10.0 Å². The van der Waals surface area contributed by atoms with Crippen molar-refractivity contribution < 1.29 is 8.42 Å². The Kier molecular flexibility index (Phi) is 4.15. The lowest BCUT2D eigenvalue weighted by molar-refractivity contribution is 0.567. The van der Waals surface area contributed by atoms with Crippen molar-refractivity contribution >= 4 is 38.6 Å². The predicted octanol–water partition coefficient (Wildman–Crippen LogP) is 3.02. The van der Waals surface area contributed by atoms with Crippen molar-refractivity contribution in [2.75, 3.05) is 5.73 Å². The first-order valence-corrected chi connectivity index (χ1v) is 8.30. The van der Waals surface area contributed by atoms with Crippen LogP contribution < -0.4 is 10.5 Å². The van der Waals surface area contributed by atoms with Crippen LogP contribution in [-0.4, -0.2) is 8.42 Å². The average Bonchev–Trinajstić information content (AvgIpc) is 2.85. The molecule has 0 bridgehead atoms. The number of anilines is 1. The van der Waals surface area contributed by atoms with Crippen LogP contribution in [0.1, 0.15) is 18.5 Å². The van der Waals surface area contributed by atoms with E-state index < -0.39 is 10.0 Å². The minimum atomic E-state index is -3.69. The van der Waals surface area contributed by atoms with Gasteiger partial charge in [-0.2, -0.15) is 11.3 Å². The number of thiophene rings is 1. The van der Waals surface area contributed by atoms with E-state index in [-0.39, 0.29) is 16.6 Å². The Morgan fingerprint density at radius 3 is 2.74 bits per heavy atom. The molecule has 1 heterocycles. The quantitative estimate of drug-likeness (QED) is 0.852. The molecule has 0 saturated heterocycles. The molecule has 1 aromatic carbocycles. The van der Waals surface area contributed by atoms with Gasteiger partial charge in [0.1, 0.15) is 4.90 Å². The Morgan fingerprint density at radius 1 is 1.37 bits per heavy atom. The van der Waals surface area contributed by atoms with Gasteiger partial charge in [0.2, 0.25) is 10.0 Å². The number of halogens is 1. The van der Waals surface area contributed by atoms with Crippen LogP contribution in [0.25, 0.3) is 0 Å². The Labute approximate surface area is 121 Å². The summed E-state index contributed by atoms with van der Waals surface area (Å²) in [7, 11) is -3.69. The Balaban J connectivity index is 2.30. The first kappa shape index (κ1) is 14.3. The lowest BCUT2D eigenvalue weighted by Gasteiger charge is -2.14. The van der Waals surface area contributed by atoms with E-state index in [4.69, 9.17) is 17.3 Å². The SMILES string of the molecule is CC(NS(=O)(=O)c1cc(Cl)ccc1N)c1ccsc1. The lowest BCUT2D eigenvalue weighted by atomic mass is 10.2. The van der Waals surface area contributed by atoms with Crippen LogP contribution in [0, 0.1) is 0 Å². The molecule has 7 heteroatoms. The maximum absolute atomic E-state index is 12.3. The van der Waals surface area contributed by atoms with Crippen LogP contribution in [0.5, 0.6) is 0 Å². The minimum Gasteiger partial charge on any atom is -0.398 e. The minimum absolute atomic E-state index is 0.00193. The third-order valence-electron chi connectivity index (χ3n) is 2.64. The summed E-state index contributed by atoms with van der Waals surface area (Å²) in [5, 5.41) is 4.13. The molecule has 3 N–H and O–H groups in total. The zero-order chi connectivity index (χ0) is 14.0. The smallest absolute Gasteiger partial charge is 0.243 e. The third kappa shape index (κ3) is 3.27. The molecule has 0 aliphatic carbocycles. The highest BCUT2D eigenvalue weighted by molar-refractivity contribution is 7.89. The molecule has 0 saturated carbocycles. The number of hydrogen-bond acceptors (Lipinski definition) is 4. The zero-order valence-electron chi connectivity index (χ0n) is 10.1. The molecule has 19 heavy (non-hydrogen) atoms. The fourth-order valence-corrected chi connectivity index (χ4v) is 4.01. The van der Waals surface area contributed by atoms with Gasteiger partial charge in [-0.15, -0.1) is 0 Å². The van der Waals surface area contributed by atoms with Gasteiger partial charge in [-0.3, -0.25) is 0 Å². The second-order valence-corrected chi connectivity index (χ2v) is 6.98. The highest BCUT2D eigenvalue weighted by atomic mass is 35.5. The van der Waals surface area contributed by atoms with Crippen molar-refractivity contribution in [3.63, 3.8) is 0 Å². The number of sulfonamides is 1. The molecule has 1 atom stereocenters. The fraction of sp³-hybridized carbons (Fsp3) is 0.167. The van der Waals surface area contributed by atoms with Gasteiger partial charge >= 0.3 is 0 Å². The third-order valence-corrected chi connectivity index (χ3v) is 5.17. The number of hydrogen-bond donors (Lipinski definition) is 2. The molecule has 2 aromatic rings. The first-order chi connectivity index (χ1) is 8.90. The molecule has 0 radical (unpaired) electrons.